The first kappa shape index (κ1) is 12.0. The highest BCUT2D eigenvalue weighted by molar-refractivity contribution is 5.87. The number of hydrogen-bond acceptors (Lipinski definition) is 4. The molecule has 1 heterocycles. The van der Waals surface area contributed by atoms with Crippen molar-refractivity contribution in [2.45, 2.75) is 13.5 Å². The first-order valence-electron chi connectivity index (χ1n) is 5.50. The highest BCUT2D eigenvalue weighted by Crippen LogP contribution is 2.08. The molecule has 5 heteroatoms. The molecule has 2 rings (SSSR count). The summed E-state index contributed by atoms with van der Waals surface area (Å²) in [4.78, 5) is 18.8. The summed E-state index contributed by atoms with van der Waals surface area (Å²) in [5, 5.41) is 11.9. The third-order valence-corrected chi connectivity index (χ3v) is 2.48. The molecule has 2 N–H and O–H groups in total. The minimum atomic E-state index is -0.916. The van der Waals surface area contributed by atoms with Gasteiger partial charge in [-0.2, -0.15) is 0 Å². The van der Waals surface area contributed by atoms with Crippen molar-refractivity contribution in [2.75, 3.05) is 5.32 Å². The van der Waals surface area contributed by atoms with Crippen molar-refractivity contribution in [2.24, 2.45) is 0 Å². The number of nitrogens with one attached hydrogen (secondary N) is 1. The Balaban J connectivity index is 2.00. The molecule has 0 unspecified atom stereocenters. The summed E-state index contributed by atoms with van der Waals surface area (Å²) in [6.07, 6.45) is 1.51. The predicted molar refractivity (Wildman–Crippen MR) is 67.5 cm³/mol. The van der Waals surface area contributed by atoms with Crippen molar-refractivity contribution in [1.82, 2.24) is 9.97 Å². The van der Waals surface area contributed by atoms with Crippen LogP contribution in [0.4, 0.5) is 5.82 Å². The maximum Gasteiger partial charge on any atom is 0.335 e. The summed E-state index contributed by atoms with van der Waals surface area (Å²) in [6.45, 7) is 2.49. The summed E-state index contributed by atoms with van der Waals surface area (Å²) >= 11 is 0. The molecule has 0 fully saturated rings. The number of carboxylic acids is 1. The van der Waals surface area contributed by atoms with Crippen LogP contribution in [0.3, 0.4) is 0 Å². The molecule has 2 aromatic rings. The van der Waals surface area contributed by atoms with E-state index in [2.05, 4.69) is 15.3 Å². The standard InChI is InChI=1S/C13H13N3O2/c1-9-6-12(16-8-15-9)14-7-10-2-4-11(5-3-10)13(17)18/h2-6,8H,7H2,1H3,(H,17,18)(H,14,15,16). The number of rotatable bonds is 4. The van der Waals surface area contributed by atoms with Gasteiger partial charge in [0, 0.05) is 18.3 Å². The van der Waals surface area contributed by atoms with E-state index in [-0.39, 0.29) is 5.56 Å². The van der Waals surface area contributed by atoms with Crippen LogP contribution in [0.2, 0.25) is 0 Å². The van der Waals surface area contributed by atoms with Gasteiger partial charge in [0.2, 0.25) is 0 Å². The fourth-order valence-electron chi connectivity index (χ4n) is 1.51. The normalized spacial score (nSPS) is 10.1. The van der Waals surface area contributed by atoms with Crippen LogP contribution in [0.25, 0.3) is 0 Å². The lowest BCUT2D eigenvalue weighted by atomic mass is 10.1. The van der Waals surface area contributed by atoms with Gasteiger partial charge in [0.25, 0.3) is 0 Å². The largest absolute Gasteiger partial charge is 0.478 e. The average Bonchev–Trinajstić information content (AvgIpc) is 2.37. The van der Waals surface area contributed by atoms with Crippen LogP contribution in [-0.4, -0.2) is 21.0 Å². The Morgan fingerprint density at radius 1 is 1.28 bits per heavy atom. The number of aromatic nitrogens is 2. The van der Waals surface area contributed by atoms with E-state index in [9.17, 15) is 4.79 Å². The maximum atomic E-state index is 10.7. The molecule has 0 aliphatic heterocycles. The zero-order chi connectivity index (χ0) is 13.0. The van der Waals surface area contributed by atoms with E-state index in [0.717, 1.165) is 17.1 Å². The fraction of sp³-hybridized carbons (Fsp3) is 0.154. The van der Waals surface area contributed by atoms with Crippen molar-refractivity contribution in [3.8, 4) is 0 Å². The Kier molecular flexibility index (Phi) is 3.52. The molecule has 0 aliphatic rings. The molecular weight excluding hydrogens is 230 g/mol. The Hall–Kier alpha value is -2.43. The van der Waals surface area contributed by atoms with E-state index in [1.54, 1.807) is 24.3 Å². The van der Waals surface area contributed by atoms with Crippen LogP contribution in [-0.2, 0) is 6.54 Å². The lowest BCUT2D eigenvalue weighted by Crippen LogP contribution is -2.03. The third-order valence-electron chi connectivity index (χ3n) is 2.48. The summed E-state index contributed by atoms with van der Waals surface area (Å²) in [5.74, 6) is -0.161. The van der Waals surface area contributed by atoms with Gasteiger partial charge in [0.1, 0.15) is 12.1 Å². The molecule has 0 bridgehead atoms. The molecule has 5 nitrogen and oxygen atoms in total. The summed E-state index contributed by atoms with van der Waals surface area (Å²) in [6, 6.07) is 8.59. The van der Waals surface area contributed by atoms with E-state index in [1.165, 1.54) is 6.33 Å². The minimum Gasteiger partial charge on any atom is -0.478 e. The van der Waals surface area contributed by atoms with Crippen LogP contribution in [0.1, 0.15) is 21.6 Å². The molecule has 1 aromatic heterocycles. The zero-order valence-corrected chi connectivity index (χ0v) is 9.92. The molecule has 0 saturated heterocycles. The minimum absolute atomic E-state index is 0.289. The SMILES string of the molecule is Cc1cc(NCc2ccc(C(=O)O)cc2)ncn1. The second kappa shape index (κ2) is 5.27. The highest BCUT2D eigenvalue weighted by Gasteiger charge is 2.01. The molecule has 0 amide bonds. The van der Waals surface area contributed by atoms with Crippen LogP contribution in [0, 0.1) is 6.92 Å². The van der Waals surface area contributed by atoms with Gasteiger partial charge in [-0.15, -0.1) is 0 Å². The number of aryl methyl sites for hydroxylation is 1. The monoisotopic (exact) mass is 243 g/mol. The van der Waals surface area contributed by atoms with Crippen LogP contribution in [0.15, 0.2) is 36.7 Å². The quantitative estimate of drug-likeness (QED) is 0.860. The Morgan fingerprint density at radius 3 is 2.61 bits per heavy atom. The number of anilines is 1. The molecule has 0 atom stereocenters. The second-order valence-electron chi connectivity index (χ2n) is 3.90. The van der Waals surface area contributed by atoms with Crippen molar-refractivity contribution in [3.63, 3.8) is 0 Å². The molecule has 0 saturated carbocycles. The first-order valence-corrected chi connectivity index (χ1v) is 5.50. The number of carboxylic acid groups (broad SMARTS) is 1. The summed E-state index contributed by atoms with van der Waals surface area (Å²) in [7, 11) is 0. The van der Waals surface area contributed by atoms with Crippen LogP contribution >= 0.6 is 0 Å². The lowest BCUT2D eigenvalue weighted by molar-refractivity contribution is 0.0697. The van der Waals surface area contributed by atoms with Gasteiger partial charge in [0.15, 0.2) is 0 Å². The van der Waals surface area contributed by atoms with Gasteiger partial charge in [-0.3, -0.25) is 0 Å². The van der Waals surface area contributed by atoms with Crippen LogP contribution < -0.4 is 5.32 Å². The predicted octanol–water partition coefficient (Wildman–Crippen LogP) is 2.10. The molecule has 18 heavy (non-hydrogen) atoms. The number of hydrogen-bond donors (Lipinski definition) is 2. The Bertz CT molecular complexity index is 552. The van der Waals surface area contributed by atoms with Crippen molar-refractivity contribution in [3.05, 3.63) is 53.5 Å². The van der Waals surface area contributed by atoms with E-state index >= 15 is 0 Å². The number of aromatic carboxylic acids is 1. The smallest absolute Gasteiger partial charge is 0.335 e. The topological polar surface area (TPSA) is 75.1 Å². The van der Waals surface area contributed by atoms with Crippen molar-refractivity contribution in [1.29, 1.82) is 0 Å². The second-order valence-corrected chi connectivity index (χ2v) is 3.90. The summed E-state index contributed by atoms with van der Waals surface area (Å²) < 4.78 is 0. The van der Waals surface area contributed by atoms with Gasteiger partial charge < -0.3 is 10.4 Å². The molecule has 92 valence electrons. The zero-order valence-electron chi connectivity index (χ0n) is 9.92. The number of carbonyl (C=O) groups is 1. The van der Waals surface area contributed by atoms with Crippen molar-refractivity contribution >= 4 is 11.8 Å². The maximum absolute atomic E-state index is 10.7. The molecule has 1 aromatic carbocycles. The van der Waals surface area contributed by atoms with Gasteiger partial charge in [-0.05, 0) is 24.6 Å². The van der Waals surface area contributed by atoms with Crippen LogP contribution in [0.5, 0.6) is 0 Å². The van der Waals surface area contributed by atoms with E-state index in [0.29, 0.717) is 6.54 Å². The number of nitrogens with zero attached hydrogens (tertiary/aromatic N) is 2. The lowest BCUT2D eigenvalue weighted by Gasteiger charge is -2.06. The van der Waals surface area contributed by atoms with Gasteiger partial charge in [0.05, 0.1) is 5.56 Å². The van der Waals surface area contributed by atoms with E-state index in [4.69, 9.17) is 5.11 Å². The Labute approximate surface area is 105 Å². The van der Waals surface area contributed by atoms with E-state index < -0.39 is 5.97 Å². The van der Waals surface area contributed by atoms with Gasteiger partial charge in [-0.1, -0.05) is 12.1 Å². The number of benzene rings is 1. The third kappa shape index (κ3) is 3.04. The molecular formula is C13H13N3O2. The fourth-order valence-corrected chi connectivity index (χ4v) is 1.51. The first-order chi connectivity index (χ1) is 8.65. The average molecular weight is 243 g/mol. The molecule has 0 spiro atoms. The van der Waals surface area contributed by atoms with Gasteiger partial charge >= 0.3 is 5.97 Å². The van der Waals surface area contributed by atoms with Crippen molar-refractivity contribution < 1.29 is 9.90 Å². The van der Waals surface area contributed by atoms with E-state index in [1.807, 2.05) is 13.0 Å². The summed E-state index contributed by atoms with van der Waals surface area (Å²) in [5.41, 5.74) is 2.18. The molecule has 0 radical (unpaired) electrons. The highest BCUT2D eigenvalue weighted by atomic mass is 16.4. The molecule has 0 aliphatic carbocycles. The Morgan fingerprint density at radius 2 is 2.00 bits per heavy atom. The van der Waals surface area contributed by atoms with Gasteiger partial charge in [-0.25, -0.2) is 14.8 Å².